The third-order valence-corrected chi connectivity index (χ3v) is 12.1. The van der Waals surface area contributed by atoms with E-state index < -0.39 is 0 Å². The van der Waals surface area contributed by atoms with Gasteiger partial charge in [-0.2, -0.15) is 0 Å². The summed E-state index contributed by atoms with van der Waals surface area (Å²) in [6, 6.07) is 80.0. The molecule has 3 nitrogen and oxygen atoms in total. The lowest BCUT2D eigenvalue weighted by Crippen LogP contribution is -2.57. The molecule has 1 aliphatic heterocycles. The van der Waals surface area contributed by atoms with Crippen LogP contribution in [0, 0.1) is 0 Å². The maximum atomic E-state index is 2.54. The quantitative estimate of drug-likeness (QED) is 0.160. The van der Waals surface area contributed by atoms with Gasteiger partial charge in [0.05, 0.1) is 22.1 Å². The second kappa shape index (κ2) is 13.0. The van der Waals surface area contributed by atoms with E-state index in [-0.39, 0.29) is 6.85 Å². The third kappa shape index (κ3) is 4.88. The fraction of sp³-hybridized carbons (Fsp3) is 0. The van der Waals surface area contributed by atoms with E-state index in [1.165, 1.54) is 82.5 Å². The van der Waals surface area contributed by atoms with Gasteiger partial charge >= 0.3 is 6.85 Å². The van der Waals surface area contributed by atoms with E-state index in [1.807, 2.05) is 0 Å². The molecular formula is C54H36BN3. The van der Waals surface area contributed by atoms with E-state index in [4.69, 9.17) is 0 Å². The highest BCUT2D eigenvalue weighted by Gasteiger charge is 2.37. The average Bonchev–Trinajstić information content (AvgIpc) is 3.82. The molecule has 1 aliphatic rings. The Morgan fingerprint density at radius 2 is 0.897 bits per heavy atom. The van der Waals surface area contributed by atoms with Crippen LogP contribution in [0.15, 0.2) is 218 Å². The van der Waals surface area contributed by atoms with Crippen LogP contribution in [0.4, 0.5) is 11.4 Å². The van der Waals surface area contributed by atoms with Gasteiger partial charge in [-0.3, -0.25) is 0 Å². The number of rotatable bonds is 5. The maximum Gasteiger partial charge on any atom is 0.328 e. The molecule has 2 aromatic heterocycles. The first-order valence-electron chi connectivity index (χ1n) is 20.1. The average molecular weight is 738 g/mol. The number of benzene rings is 9. The number of para-hydroxylation sites is 4. The van der Waals surface area contributed by atoms with Gasteiger partial charge in [-0.15, -0.1) is 0 Å². The molecular weight excluding hydrogens is 701 g/mol. The van der Waals surface area contributed by atoms with Crippen molar-refractivity contribution in [1.29, 1.82) is 0 Å². The molecule has 0 fully saturated rings. The maximum absolute atomic E-state index is 2.54. The zero-order valence-electron chi connectivity index (χ0n) is 31.7. The van der Waals surface area contributed by atoms with Crippen molar-refractivity contribution in [2.75, 3.05) is 4.81 Å². The van der Waals surface area contributed by atoms with Gasteiger partial charge in [0.15, 0.2) is 0 Å². The first kappa shape index (κ1) is 32.7. The fourth-order valence-electron chi connectivity index (χ4n) is 9.72. The van der Waals surface area contributed by atoms with Crippen LogP contribution in [-0.4, -0.2) is 16.0 Å². The zero-order valence-corrected chi connectivity index (χ0v) is 31.7. The highest BCUT2D eigenvalue weighted by molar-refractivity contribution is 6.90. The molecule has 11 aromatic rings. The Labute approximate surface area is 337 Å². The first-order chi connectivity index (χ1) is 28.8. The van der Waals surface area contributed by atoms with Crippen molar-refractivity contribution in [2.24, 2.45) is 0 Å². The number of hydrogen-bond acceptors (Lipinski definition) is 1. The molecule has 0 bridgehead atoms. The van der Waals surface area contributed by atoms with Crippen LogP contribution >= 0.6 is 0 Å². The molecule has 9 aromatic carbocycles. The summed E-state index contributed by atoms with van der Waals surface area (Å²) in [5, 5.41) is 4.97. The van der Waals surface area contributed by atoms with Gasteiger partial charge in [-0.25, -0.2) is 0 Å². The van der Waals surface area contributed by atoms with Gasteiger partial charge in [0.25, 0.3) is 0 Å². The monoisotopic (exact) mass is 737 g/mol. The molecule has 12 rings (SSSR count). The van der Waals surface area contributed by atoms with Crippen LogP contribution in [-0.2, 0) is 0 Å². The van der Waals surface area contributed by atoms with Crippen molar-refractivity contribution in [3.05, 3.63) is 218 Å². The van der Waals surface area contributed by atoms with E-state index in [0.717, 1.165) is 17.1 Å². The molecule has 0 saturated carbocycles. The molecule has 0 saturated heterocycles. The van der Waals surface area contributed by atoms with Gasteiger partial charge in [-0.05, 0) is 71.2 Å². The van der Waals surface area contributed by atoms with Gasteiger partial charge < -0.3 is 13.9 Å². The van der Waals surface area contributed by atoms with Crippen molar-refractivity contribution in [3.63, 3.8) is 0 Å². The first-order valence-corrected chi connectivity index (χ1v) is 20.1. The summed E-state index contributed by atoms with van der Waals surface area (Å²) in [6.45, 7) is -0.00523. The van der Waals surface area contributed by atoms with Crippen molar-refractivity contribution in [2.45, 2.75) is 0 Å². The predicted octanol–water partition coefficient (Wildman–Crippen LogP) is 12.5. The van der Waals surface area contributed by atoms with Crippen LogP contribution in [0.3, 0.4) is 0 Å². The smallest absolute Gasteiger partial charge is 0.328 e. The third-order valence-electron chi connectivity index (χ3n) is 12.1. The fourth-order valence-corrected chi connectivity index (χ4v) is 9.72. The van der Waals surface area contributed by atoms with Gasteiger partial charge in [-0.1, -0.05) is 169 Å². The van der Waals surface area contributed by atoms with Crippen molar-refractivity contribution >= 4 is 72.8 Å². The highest BCUT2D eigenvalue weighted by Crippen LogP contribution is 2.43. The number of nitrogens with zero attached hydrogens (tertiary/aromatic N) is 3. The molecule has 0 N–H and O–H groups in total. The van der Waals surface area contributed by atoms with E-state index >= 15 is 0 Å². The van der Waals surface area contributed by atoms with Gasteiger partial charge in [0, 0.05) is 55.4 Å². The van der Waals surface area contributed by atoms with Gasteiger partial charge in [0.1, 0.15) is 0 Å². The van der Waals surface area contributed by atoms with E-state index in [2.05, 4.69) is 232 Å². The zero-order chi connectivity index (χ0) is 38.2. The summed E-state index contributed by atoms with van der Waals surface area (Å²) in [6.07, 6.45) is 0. The molecule has 0 radical (unpaired) electrons. The Balaban J connectivity index is 1.12. The van der Waals surface area contributed by atoms with E-state index in [9.17, 15) is 0 Å². The standard InChI is InChI=1S/C54H36BN3/c1-3-17-37(18-4-1)42-27-16-28-47-48-36-40(56-50-30-12-8-25-45(50)46-26-9-13-31-51(46)56)33-34-52(48)57(54(42)47)39-21-15-22-41(35-39)58-53-32-14-10-24-44(53)43-23-7-11-29-49(43)55(58)38-19-5-2-6-20-38/h1-36H. The summed E-state index contributed by atoms with van der Waals surface area (Å²) in [4.78, 5) is 2.54. The summed E-state index contributed by atoms with van der Waals surface area (Å²) in [5.41, 5.74) is 16.9. The molecule has 3 heterocycles. The lowest BCUT2D eigenvalue weighted by Gasteiger charge is -2.39. The Morgan fingerprint density at radius 3 is 1.69 bits per heavy atom. The van der Waals surface area contributed by atoms with Crippen LogP contribution < -0.4 is 15.7 Å². The molecule has 0 aliphatic carbocycles. The Morgan fingerprint density at radius 1 is 0.328 bits per heavy atom. The normalized spacial score (nSPS) is 12.4. The molecule has 0 atom stereocenters. The molecule has 4 heteroatoms. The summed E-state index contributed by atoms with van der Waals surface area (Å²) >= 11 is 0. The lowest BCUT2D eigenvalue weighted by atomic mass is 9.46. The van der Waals surface area contributed by atoms with Crippen LogP contribution in [0.5, 0.6) is 0 Å². The van der Waals surface area contributed by atoms with Crippen LogP contribution in [0.1, 0.15) is 0 Å². The van der Waals surface area contributed by atoms with Gasteiger partial charge in [0.2, 0.25) is 0 Å². The molecule has 0 spiro atoms. The summed E-state index contributed by atoms with van der Waals surface area (Å²) in [5.74, 6) is 0. The minimum absolute atomic E-state index is 0.00523. The molecule has 58 heavy (non-hydrogen) atoms. The van der Waals surface area contributed by atoms with E-state index in [0.29, 0.717) is 0 Å². The second-order valence-corrected chi connectivity index (χ2v) is 15.3. The highest BCUT2D eigenvalue weighted by atomic mass is 15.1. The van der Waals surface area contributed by atoms with Crippen molar-refractivity contribution in [3.8, 4) is 33.6 Å². The minimum atomic E-state index is -0.00523. The topological polar surface area (TPSA) is 13.1 Å². The second-order valence-electron chi connectivity index (χ2n) is 15.3. The minimum Gasteiger partial charge on any atom is -0.376 e. The number of fused-ring (bicyclic) bond motifs is 9. The van der Waals surface area contributed by atoms with E-state index in [1.54, 1.807) is 0 Å². The molecule has 270 valence electrons. The molecule has 0 amide bonds. The van der Waals surface area contributed by atoms with Crippen LogP contribution in [0.25, 0.3) is 77.2 Å². The predicted molar refractivity (Wildman–Crippen MR) is 246 cm³/mol. The lowest BCUT2D eigenvalue weighted by molar-refractivity contribution is 1.16. The van der Waals surface area contributed by atoms with Crippen molar-refractivity contribution < 1.29 is 0 Å². The Bertz CT molecular complexity index is 3310. The SMILES string of the molecule is c1ccc(B2c3ccccc3-c3ccccc3N2c2cccc(-n3c4ccc(-n5c6ccccc6c6ccccc65)cc4c4cccc(-c5ccccc5)c43)c2)cc1. The van der Waals surface area contributed by atoms with Crippen molar-refractivity contribution in [1.82, 2.24) is 9.13 Å². The summed E-state index contributed by atoms with van der Waals surface area (Å²) in [7, 11) is 0. The van der Waals surface area contributed by atoms with Crippen LogP contribution in [0.2, 0.25) is 0 Å². The largest absolute Gasteiger partial charge is 0.376 e. The summed E-state index contributed by atoms with van der Waals surface area (Å²) < 4.78 is 4.91. The Hall–Kier alpha value is -7.56. The number of aromatic nitrogens is 2. The number of anilines is 2. The number of hydrogen-bond donors (Lipinski definition) is 0. The molecule has 0 unspecified atom stereocenters. The Kier molecular flexibility index (Phi) is 7.33.